The van der Waals surface area contributed by atoms with E-state index in [4.69, 9.17) is 0 Å². The first-order valence-electron chi connectivity index (χ1n) is 6.46. The Morgan fingerprint density at radius 3 is 3.05 bits per heavy atom. The van der Waals surface area contributed by atoms with Crippen LogP contribution in [0, 0.1) is 0 Å². The van der Waals surface area contributed by atoms with E-state index in [2.05, 4.69) is 45.5 Å². The van der Waals surface area contributed by atoms with E-state index < -0.39 is 0 Å². The van der Waals surface area contributed by atoms with E-state index in [0.717, 1.165) is 18.8 Å². The van der Waals surface area contributed by atoms with Crippen LogP contribution < -0.4 is 5.32 Å². The first kappa shape index (κ1) is 12.8. The maximum Gasteiger partial charge on any atom is 0.110 e. The number of hydrogen-bond donors (Lipinski definition) is 1. The van der Waals surface area contributed by atoms with Crippen LogP contribution in [0.15, 0.2) is 29.9 Å². The molecule has 0 radical (unpaired) electrons. The Kier molecular flexibility index (Phi) is 3.68. The van der Waals surface area contributed by atoms with E-state index >= 15 is 0 Å². The van der Waals surface area contributed by atoms with Crippen LogP contribution in [0.2, 0.25) is 0 Å². The fourth-order valence-electron chi connectivity index (χ4n) is 2.30. The van der Waals surface area contributed by atoms with Crippen molar-refractivity contribution in [3.8, 4) is 0 Å². The predicted octanol–water partition coefficient (Wildman–Crippen LogP) is 3.68. The van der Waals surface area contributed by atoms with Crippen molar-refractivity contribution in [3.05, 3.63) is 40.6 Å². The molecule has 100 valence electrons. The Balaban J connectivity index is 1.86. The minimum Gasteiger partial charge on any atom is -0.335 e. The minimum absolute atomic E-state index is 0.345. The van der Waals surface area contributed by atoms with Gasteiger partial charge >= 0.3 is 0 Å². The number of aryl methyl sites for hydroxylation is 1. The van der Waals surface area contributed by atoms with Gasteiger partial charge in [0.2, 0.25) is 0 Å². The van der Waals surface area contributed by atoms with Crippen molar-refractivity contribution in [1.29, 1.82) is 0 Å². The maximum absolute atomic E-state index is 4.47. The van der Waals surface area contributed by atoms with Gasteiger partial charge in [0.15, 0.2) is 0 Å². The number of aromatic nitrogens is 2. The smallest absolute Gasteiger partial charge is 0.110 e. The number of hydrogen-bond acceptors (Lipinski definition) is 4. The van der Waals surface area contributed by atoms with Crippen LogP contribution in [-0.4, -0.2) is 16.6 Å². The molecular weight excluding hydrogens is 274 g/mol. The summed E-state index contributed by atoms with van der Waals surface area (Å²) in [5.74, 6) is 1.15. The molecule has 1 atom stereocenters. The maximum atomic E-state index is 4.47. The number of nitrogens with zero attached hydrogens (tertiary/aromatic N) is 2. The third-order valence-electron chi connectivity index (χ3n) is 3.38. The molecule has 0 saturated heterocycles. The molecule has 0 aromatic carbocycles. The zero-order chi connectivity index (χ0) is 13.2. The van der Waals surface area contributed by atoms with E-state index in [1.807, 2.05) is 35.9 Å². The van der Waals surface area contributed by atoms with E-state index in [0.29, 0.717) is 6.04 Å². The zero-order valence-corrected chi connectivity index (χ0v) is 12.7. The fourth-order valence-corrected chi connectivity index (χ4v) is 4.53. The molecule has 0 aliphatic carbocycles. The van der Waals surface area contributed by atoms with Gasteiger partial charge in [0.1, 0.15) is 5.82 Å². The highest BCUT2D eigenvalue weighted by Crippen LogP contribution is 2.34. The summed E-state index contributed by atoms with van der Waals surface area (Å²) in [6.07, 6.45) is 4.87. The summed E-state index contributed by atoms with van der Waals surface area (Å²) >= 11 is 3.70. The lowest BCUT2D eigenvalue weighted by Crippen LogP contribution is -2.19. The van der Waals surface area contributed by atoms with Crippen molar-refractivity contribution in [2.75, 3.05) is 7.05 Å². The second kappa shape index (κ2) is 5.45. The fraction of sp³-hybridized carbons (Fsp3) is 0.357. The van der Waals surface area contributed by atoms with Crippen LogP contribution in [-0.2, 0) is 13.0 Å². The molecule has 3 aromatic rings. The van der Waals surface area contributed by atoms with Gasteiger partial charge in [0, 0.05) is 45.7 Å². The third kappa shape index (κ3) is 2.45. The molecule has 0 amide bonds. The van der Waals surface area contributed by atoms with Crippen molar-refractivity contribution >= 4 is 32.1 Å². The average molecular weight is 291 g/mol. The standard InChI is InChI=1S/C14H17N3S2/c1-3-17-6-5-16-14(17)8-10(15-2)12-9-13-11(19-12)4-7-18-13/h4-7,9-10,15H,3,8H2,1-2H3. The van der Waals surface area contributed by atoms with E-state index in [9.17, 15) is 0 Å². The van der Waals surface area contributed by atoms with Crippen LogP contribution in [0.5, 0.6) is 0 Å². The number of imidazole rings is 1. The Hall–Kier alpha value is -1.17. The lowest BCUT2D eigenvalue weighted by molar-refractivity contribution is 0.560. The molecule has 0 spiro atoms. The van der Waals surface area contributed by atoms with E-state index in [-0.39, 0.29) is 0 Å². The van der Waals surface area contributed by atoms with Gasteiger partial charge < -0.3 is 9.88 Å². The lowest BCUT2D eigenvalue weighted by atomic mass is 10.1. The van der Waals surface area contributed by atoms with Crippen molar-refractivity contribution < 1.29 is 0 Å². The SMILES string of the molecule is CCn1ccnc1CC(NC)c1cc2sccc2s1. The molecule has 1 N–H and O–H groups in total. The van der Waals surface area contributed by atoms with Crippen LogP contribution in [0.1, 0.15) is 23.7 Å². The van der Waals surface area contributed by atoms with Crippen LogP contribution in [0.25, 0.3) is 9.40 Å². The van der Waals surface area contributed by atoms with Crippen molar-refractivity contribution in [3.63, 3.8) is 0 Å². The highest BCUT2D eigenvalue weighted by Gasteiger charge is 2.16. The number of rotatable bonds is 5. The largest absolute Gasteiger partial charge is 0.335 e. The monoisotopic (exact) mass is 291 g/mol. The molecule has 0 aliphatic rings. The topological polar surface area (TPSA) is 29.9 Å². The molecule has 3 nitrogen and oxygen atoms in total. The number of nitrogens with one attached hydrogen (secondary N) is 1. The van der Waals surface area contributed by atoms with Crippen molar-refractivity contribution in [2.24, 2.45) is 0 Å². The third-order valence-corrected chi connectivity index (χ3v) is 5.59. The van der Waals surface area contributed by atoms with Gasteiger partial charge in [-0.05, 0) is 31.5 Å². The molecular formula is C14H17N3S2. The predicted molar refractivity (Wildman–Crippen MR) is 83.1 cm³/mol. The Morgan fingerprint density at radius 1 is 1.42 bits per heavy atom. The number of fused-ring (bicyclic) bond motifs is 1. The highest BCUT2D eigenvalue weighted by molar-refractivity contribution is 7.26. The Morgan fingerprint density at radius 2 is 2.32 bits per heavy atom. The molecule has 3 heterocycles. The van der Waals surface area contributed by atoms with Crippen molar-refractivity contribution in [1.82, 2.24) is 14.9 Å². The molecule has 5 heteroatoms. The molecule has 0 bridgehead atoms. The van der Waals surface area contributed by atoms with Crippen LogP contribution in [0.4, 0.5) is 0 Å². The molecule has 3 aromatic heterocycles. The summed E-state index contributed by atoms with van der Waals surface area (Å²) in [5.41, 5.74) is 0. The van der Waals surface area contributed by atoms with E-state index in [1.54, 1.807) is 0 Å². The van der Waals surface area contributed by atoms with Gasteiger partial charge in [-0.3, -0.25) is 0 Å². The van der Waals surface area contributed by atoms with Gasteiger partial charge in [0.05, 0.1) is 0 Å². The molecule has 0 aliphatic heterocycles. The highest BCUT2D eigenvalue weighted by atomic mass is 32.1. The number of thiophene rings is 2. The second-order valence-corrected chi connectivity index (χ2v) is 6.54. The van der Waals surface area contributed by atoms with Gasteiger partial charge in [-0.25, -0.2) is 4.98 Å². The first-order valence-corrected chi connectivity index (χ1v) is 8.15. The summed E-state index contributed by atoms with van der Waals surface area (Å²) in [6, 6.07) is 4.86. The quantitative estimate of drug-likeness (QED) is 0.777. The van der Waals surface area contributed by atoms with Crippen LogP contribution in [0.3, 0.4) is 0 Å². The summed E-state index contributed by atoms with van der Waals surface area (Å²) in [5, 5.41) is 5.58. The lowest BCUT2D eigenvalue weighted by Gasteiger charge is -2.14. The molecule has 0 saturated carbocycles. The summed E-state index contributed by atoms with van der Waals surface area (Å²) in [6.45, 7) is 3.13. The van der Waals surface area contributed by atoms with Gasteiger partial charge in [-0.15, -0.1) is 22.7 Å². The molecule has 1 unspecified atom stereocenters. The number of likely N-dealkylation sites (N-methyl/N-ethyl adjacent to an activating group) is 1. The summed E-state index contributed by atoms with van der Waals surface area (Å²) in [4.78, 5) is 5.87. The van der Waals surface area contributed by atoms with Gasteiger partial charge in [0.25, 0.3) is 0 Å². The summed E-state index contributed by atoms with van der Waals surface area (Å²) < 4.78 is 4.98. The molecule has 3 rings (SSSR count). The normalized spacial score (nSPS) is 13.2. The van der Waals surface area contributed by atoms with E-state index in [1.165, 1.54) is 14.3 Å². The molecule has 19 heavy (non-hydrogen) atoms. The average Bonchev–Trinajstić information content (AvgIpc) is 3.10. The molecule has 0 fully saturated rings. The second-order valence-electron chi connectivity index (χ2n) is 4.47. The summed E-state index contributed by atoms with van der Waals surface area (Å²) in [7, 11) is 2.03. The Bertz CT molecular complexity index is 636. The minimum atomic E-state index is 0.345. The van der Waals surface area contributed by atoms with Gasteiger partial charge in [-0.1, -0.05) is 0 Å². The Labute approximate surface area is 120 Å². The van der Waals surface area contributed by atoms with Crippen LogP contribution >= 0.6 is 22.7 Å². The zero-order valence-electron chi connectivity index (χ0n) is 11.1. The van der Waals surface area contributed by atoms with Gasteiger partial charge in [-0.2, -0.15) is 0 Å². The van der Waals surface area contributed by atoms with Crippen molar-refractivity contribution in [2.45, 2.75) is 25.9 Å². The first-order chi connectivity index (χ1) is 9.31.